The Balaban J connectivity index is 2.03. The van der Waals surface area contributed by atoms with E-state index in [1.54, 1.807) is 11.8 Å². The SMILES string of the molecule is CSCC1(C)c2ccccc2N1C(=O)c1ccccc1. The number of benzene rings is 2. The Bertz CT molecular complexity index is 640. The predicted octanol–water partition coefficient (Wildman–Crippen LogP) is 3.93. The molecule has 2 aromatic carbocycles. The molecule has 1 atom stereocenters. The molecular formula is C17H17NOS. The summed E-state index contributed by atoms with van der Waals surface area (Å²) >= 11 is 1.77. The molecule has 1 amide bonds. The Morgan fingerprint density at radius 1 is 1.10 bits per heavy atom. The molecule has 0 saturated carbocycles. The third-order valence-electron chi connectivity index (χ3n) is 3.87. The number of thioether (sulfide) groups is 1. The van der Waals surface area contributed by atoms with Crippen molar-refractivity contribution in [1.29, 1.82) is 0 Å². The van der Waals surface area contributed by atoms with Crippen molar-refractivity contribution in [2.75, 3.05) is 16.9 Å². The van der Waals surface area contributed by atoms with Gasteiger partial charge in [-0.3, -0.25) is 9.69 Å². The Morgan fingerprint density at radius 2 is 1.75 bits per heavy atom. The highest BCUT2D eigenvalue weighted by atomic mass is 32.2. The van der Waals surface area contributed by atoms with Gasteiger partial charge in [-0.25, -0.2) is 0 Å². The van der Waals surface area contributed by atoms with E-state index >= 15 is 0 Å². The largest absolute Gasteiger partial charge is 0.297 e. The minimum atomic E-state index is -0.205. The molecule has 3 heteroatoms. The number of nitrogens with zero attached hydrogens (tertiary/aromatic N) is 1. The summed E-state index contributed by atoms with van der Waals surface area (Å²) in [7, 11) is 0. The molecule has 2 aromatic rings. The van der Waals surface area contributed by atoms with Crippen molar-refractivity contribution >= 4 is 23.4 Å². The van der Waals surface area contributed by atoms with Gasteiger partial charge in [-0.05, 0) is 31.4 Å². The lowest BCUT2D eigenvalue weighted by molar-refractivity contribution is 0.0950. The molecule has 1 heterocycles. The first-order chi connectivity index (χ1) is 9.68. The van der Waals surface area contributed by atoms with E-state index in [1.165, 1.54) is 5.56 Å². The van der Waals surface area contributed by atoms with Gasteiger partial charge in [-0.2, -0.15) is 11.8 Å². The highest BCUT2D eigenvalue weighted by Gasteiger charge is 2.48. The van der Waals surface area contributed by atoms with Crippen molar-refractivity contribution in [3.63, 3.8) is 0 Å². The average molecular weight is 283 g/mol. The van der Waals surface area contributed by atoms with Gasteiger partial charge in [0, 0.05) is 16.9 Å². The fourth-order valence-electron chi connectivity index (χ4n) is 2.92. The summed E-state index contributed by atoms with van der Waals surface area (Å²) < 4.78 is 0. The first kappa shape index (κ1) is 13.3. The van der Waals surface area contributed by atoms with Crippen LogP contribution in [0, 0.1) is 0 Å². The first-order valence-electron chi connectivity index (χ1n) is 6.66. The topological polar surface area (TPSA) is 20.3 Å². The molecule has 0 aliphatic carbocycles. The summed E-state index contributed by atoms with van der Waals surface area (Å²) in [4.78, 5) is 14.7. The third-order valence-corrected chi connectivity index (χ3v) is 4.72. The van der Waals surface area contributed by atoms with Gasteiger partial charge < -0.3 is 0 Å². The molecule has 0 spiro atoms. The van der Waals surface area contributed by atoms with E-state index in [1.807, 2.05) is 53.4 Å². The number of para-hydroxylation sites is 1. The van der Waals surface area contributed by atoms with E-state index in [-0.39, 0.29) is 11.4 Å². The summed E-state index contributed by atoms with van der Waals surface area (Å²) in [5.41, 5.74) is 2.84. The highest BCUT2D eigenvalue weighted by molar-refractivity contribution is 7.98. The maximum absolute atomic E-state index is 12.8. The van der Waals surface area contributed by atoms with Crippen molar-refractivity contribution < 1.29 is 4.79 Å². The average Bonchev–Trinajstić information content (AvgIpc) is 2.48. The number of fused-ring (bicyclic) bond motifs is 1. The van der Waals surface area contributed by atoms with Gasteiger partial charge in [0.1, 0.15) is 0 Å². The minimum absolute atomic E-state index is 0.0841. The highest BCUT2D eigenvalue weighted by Crippen LogP contribution is 2.49. The van der Waals surface area contributed by atoms with Crippen LogP contribution in [0.15, 0.2) is 54.6 Å². The molecule has 0 N–H and O–H groups in total. The van der Waals surface area contributed by atoms with Gasteiger partial charge in [0.25, 0.3) is 5.91 Å². The Kier molecular flexibility index (Phi) is 3.30. The maximum atomic E-state index is 12.8. The quantitative estimate of drug-likeness (QED) is 0.851. The molecule has 20 heavy (non-hydrogen) atoms. The van der Waals surface area contributed by atoms with E-state index in [2.05, 4.69) is 19.2 Å². The van der Waals surface area contributed by atoms with Crippen LogP contribution in [0.2, 0.25) is 0 Å². The monoisotopic (exact) mass is 283 g/mol. The van der Waals surface area contributed by atoms with Crippen molar-refractivity contribution in [1.82, 2.24) is 0 Å². The van der Waals surface area contributed by atoms with E-state index in [9.17, 15) is 4.79 Å². The molecule has 0 radical (unpaired) electrons. The van der Waals surface area contributed by atoms with Crippen molar-refractivity contribution in [3.05, 3.63) is 65.7 Å². The lowest BCUT2D eigenvalue weighted by atomic mass is 9.81. The second kappa shape index (κ2) is 4.98. The number of carbonyl (C=O) groups is 1. The van der Waals surface area contributed by atoms with Crippen LogP contribution in [0.3, 0.4) is 0 Å². The van der Waals surface area contributed by atoms with Crippen LogP contribution < -0.4 is 4.90 Å². The number of anilines is 1. The summed E-state index contributed by atoms with van der Waals surface area (Å²) in [6.45, 7) is 2.15. The normalized spacial score (nSPS) is 20.2. The second-order valence-corrected chi connectivity index (χ2v) is 6.10. The number of amides is 1. The maximum Gasteiger partial charge on any atom is 0.259 e. The van der Waals surface area contributed by atoms with E-state index in [0.29, 0.717) is 0 Å². The number of carbonyl (C=O) groups excluding carboxylic acids is 1. The predicted molar refractivity (Wildman–Crippen MR) is 85.4 cm³/mol. The van der Waals surface area contributed by atoms with Gasteiger partial charge in [0.2, 0.25) is 0 Å². The zero-order chi connectivity index (χ0) is 14.2. The molecule has 1 aliphatic heterocycles. The molecule has 0 bridgehead atoms. The lowest BCUT2D eigenvalue weighted by Crippen LogP contribution is -2.57. The molecule has 0 saturated heterocycles. The van der Waals surface area contributed by atoms with Crippen LogP contribution in [-0.4, -0.2) is 17.9 Å². The summed E-state index contributed by atoms with van der Waals surface area (Å²) in [6.07, 6.45) is 2.08. The van der Waals surface area contributed by atoms with Gasteiger partial charge in [-0.15, -0.1) is 0 Å². The molecule has 1 unspecified atom stereocenters. The fraction of sp³-hybridized carbons (Fsp3) is 0.235. The van der Waals surface area contributed by atoms with Crippen molar-refractivity contribution in [3.8, 4) is 0 Å². The molecule has 0 aromatic heterocycles. The molecule has 3 rings (SSSR count). The minimum Gasteiger partial charge on any atom is -0.297 e. The summed E-state index contributed by atoms with van der Waals surface area (Å²) in [5, 5.41) is 0. The zero-order valence-electron chi connectivity index (χ0n) is 11.7. The lowest BCUT2D eigenvalue weighted by Gasteiger charge is -2.51. The Morgan fingerprint density at radius 3 is 2.45 bits per heavy atom. The van der Waals surface area contributed by atoms with Gasteiger partial charge in [0.05, 0.1) is 11.2 Å². The molecule has 1 aliphatic rings. The van der Waals surface area contributed by atoms with Gasteiger partial charge in [0.15, 0.2) is 0 Å². The van der Waals surface area contributed by atoms with Crippen molar-refractivity contribution in [2.24, 2.45) is 0 Å². The molecule has 102 valence electrons. The van der Waals surface area contributed by atoms with Gasteiger partial charge in [-0.1, -0.05) is 36.4 Å². The molecule has 0 fully saturated rings. The summed E-state index contributed by atoms with van der Waals surface area (Å²) in [6, 6.07) is 17.7. The third kappa shape index (κ3) is 1.85. The van der Waals surface area contributed by atoms with Crippen LogP contribution in [0.5, 0.6) is 0 Å². The Hall–Kier alpha value is -1.74. The second-order valence-electron chi connectivity index (χ2n) is 5.23. The Labute approximate surface area is 123 Å². The zero-order valence-corrected chi connectivity index (χ0v) is 12.5. The van der Waals surface area contributed by atoms with Crippen LogP contribution in [0.25, 0.3) is 0 Å². The van der Waals surface area contributed by atoms with E-state index in [4.69, 9.17) is 0 Å². The van der Waals surface area contributed by atoms with E-state index in [0.717, 1.165) is 17.0 Å². The van der Waals surface area contributed by atoms with Crippen LogP contribution in [-0.2, 0) is 5.54 Å². The van der Waals surface area contributed by atoms with Crippen molar-refractivity contribution in [2.45, 2.75) is 12.5 Å². The number of rotatable bonds is 3. The molecular weight excluding hydrogens is 266 g/mol. The number of hydrogen-bond acceptors (Lipinski definition) is 2. The standard InChI is InChI=1S/C17H17NOS/c1-17(12-20-2)14-10-6-7-11-15(14)18(17)16(19)13-8-4-3-5-9-13/h3-11H,12H2,1-2H3. The first-order valence-corrected chi connectivity index (χ1v) is 8.06. The smallest absolute Gasteiger partial charge is 0.259 e. The van der Waals surface area contributed by atoms with Crippen LogP contribution in [0.4, 0.5) is 5.69 Å². The molecule has 2 nitrogen and oxygen atoms in total. The van der Waals surface area contributed by atoms with E-state index < -0.39 is 0 Å². The summed E-state index contributed by atoms with van der Waals surface area (Å²) in [5.74, 6) is 0.989. The van der Waals surface area contributed by atoms with Crippen LogP contribution >= 0.6 is 11.8 Å². The van der Waals surface area contributed by atoms with Gasteiger partial charge >= 0.3 is 0 Å². The fourth-order valence-corrected chi connectivity index (χ4v) is 3.77. The van der Waals surface area contributed by atoms with Crippen LogP contribution in [0.1, 0.15) is 22.8 Å². The number of hydrogen-bond donors (Lipinski definition) is 0.